The van der Waals surface area contributed by atoms with E-state index in [2.05, 4.69) is 26.6 Å². The van der Waals surface area contributed by atoms with Crippen molar-refractivity contribution in [1.82, 2.24) is 36.4 Å². The maximum atomic E-state index is 14.4. The molecule has 4 aliphatic rings. The molecule has 4 heterocycles. The van der Waals surface area contributed by atoms with Crippen molar-refractivity contribution in [3.63, 3.8) is 0 Å². The number of likely N-dealkylation sites (N-methyl/N-ethyl adjacent to an activating group) is 2. The van der Waals surface area contributed by atoms with Crippen molar-refractivity contribution in [2.24, 2.45) is 22.5 Å². The molecule has 0 bridgehead atoms. The number of nitrogens with zero attached hydrogens (tertiary/aromatic N) is 2. The van der Waals surface area contributed by atoms with Crippen LogP contribution in [0.3, 0.4) is 0 Å². The molecule has 380 valence electrons. The number of rotatable bonds is 22. The fraction of sp³-hybridized carbons (Fsp3) is 0.647. The summed E-state index contributed by atoms with van der Waals surface area (Å²) in [4.78, 5) is 85.5. The minimum atomic E-state index is -0.866. The lowest BCUT2D eigenvalue weighted by Crippen LogP contribution is -2.60. The van der Waals surface area contributed by atoms with Crippen molar-refractivity contribution in [3.8, 4) is 0 Å². The molecule has 2 aromatic carbocycles. The summed E-state index contributed by atoms with van der Waals surface area (Å²) >= 11 is 3.33. The highest BCUT2D eigenvalue weighted by molar-refractivity contribution is 8.00. The first kappa shape index (κ1) is 54.1. The molecule has 7 N–H and O–H groups in total. The molecular formula is C51H76N8O8S2. The first-order chi connectivity index (χ1) is 32.8. The number of unbranched alkanes of at least 4 members (excludes halogenated alkanes) is 1. The SMILES string of the molecule is CN[C@@H](CC1CS[C@H]2CC(C)(C)[C@@H](C(=O)N[C@H](COCCCCOC[C@@H](NC(=O)[C@H]3N4C(=O)[C@@H](NC(=O)C(C)(C)NC)CCS[C@H]4CC3(C)C)c3ccccc3)c3ccccc3)N2C(=O)C1)C(N)=O. The van der Waals surface area contributed by atoms with E-state index >= 15 is 0 Å². The largest absolute Gasteiger partial charge is 0.379 e. The van der Waals surface area contributed by atoms with Gasteiger partial charge in [0.15, 0.2) is 0 Å². The van der Waals surface area contributed by atoms with E-state index in [1.54, 1.807) is 61.3 Å². The third-order valence-corrected chi connectivity index (χ3v) is 17.0. The van der Waals surface area contributed by atoms with E-state index < -0.39 is 58.5 Å². The minimum absolute atomic E-state index is 0.0463. The lowest BCUT2D eigenvalue weighted by molar-refractivity contribution is -0.144. The highest BCUT2D eigenvalue weighted by Gasteiger charge is 2.56. The maximum Gasteiger partial charge on any atom is 0.246 e. The van der Waals surface area contributed by atoms with Crippen molar-refractivity contribution in [1.29, 1.82) is 0 Å². The van der Waals surface area contributed by atoms with Crippen molar-refractivity contribution < 1.29 is 38.2 Å². The molecule has 4 aliphatic heterocycles. The Bertz CT molecular complexity index is 2100. The van der Waals surface area contributed by atoms with E-state index in [0.717, 1.165) is 11.1 Å². The third-order valence-electron chi connectivity index (χ3n) is 14.3. The summed E-state index contributed by atoms with van der Waals surface area (Å²) in [5.74, 6) is -0.187. The van der Waals surface area contributed by atoms with Gasteiger partial charge in [0.25, 0.3) is 0 Å². The third kappa shape index (κ3) is 13.4. The summed E-state index contributed by atoms with van der Waals surface area (Å²) in [5.41, 5.74) is 5.52. The van der Waals surface area contributed by atoms with Crippen LogP contribution < -0.4 is 32.3 Å². The number of primary amides is 1. The second-order valence-corrected chi connectivity index (χ2v) is 23.4. The number of ether oxygens (including phenoxy) is 2. The smallest absolute Gasteiger partial charge is 0.246 e. The lowest BCUT2D eigenvalue weighted by Gasteiger charge is -2.35. The number of hydrogen-bond donors (Lipinski definition) is 6. The molecule has 4 fully saturated rings. The zero-order chi connectivity index (χ0) is 50.1. The van der Waals surface area contributed by atoms with Crippen molar-refractivity contribution in [2.45, 2.75) is 139 Å². The molecule has 4 saturated heterocycles. The molecule has 9 atom stereocenters. The Kier molecular flexibility index (Phi) is 18.7. The van der Waals surface area contributed by atoms with Gasteiger partial charge in [0.1, 0.15) is 18.1 Å². The number of nitrogens with two attached hydrogens (primary N) is 1. The van der Waals surface area contributed by atoms with Gasteiger partial charge in [0.2, 0.25) is 35.4 Å². The first-order valence-electron chi connectivity index (χ1n) is 24.5. The van der Waals surface area contributed by atoms with Gasteiger partial charge >= 0.3 is 0 Å². The predicted molar refractivity (Wildman–Crippen MR) is 271 cm³/mol. The van der Waals surface area contributed by atoms with Gasteiger partial charge in [0, 0.05) is 19.6 Å². The molecule has 0 aromatic heterocycles. The molecule has 2 aromatic rings. The zero-order valence-corrected chi connectivity index (χ0v) is 43.3. The van der Waals surface area contributed by atoms with Crippen LogP contribution in [-0.4, -0.2) is 138 Å². The second-order valence-electron chi connectivity index (χ2n) is 20.9. The van der Waals surface area contributed by atoms with Gasteiger partial charge in [-0.3, -0.25) is 28.8 Å². The quantitative estimate of drug-likeness (QED) is 0.0915. The Labute approximate surface area is 417 Å². The molecule has 6 rings (SSSR count). The van der Waals surface area contributed by atoms with Crippen molar-refractivity contribution >= 4 is 59.0 Å². The molecule has 69 heavy (non-hydrogen) atoms. The van der Waals surface area contributed by atoms with Gasteiger partial charge in [0.05, 0.1) is 47.6 Å². The summed E-state index contributed by atoms with van der Waals surface area (Å²) < 4.78 is 12.4. The number of thioether (sulfide) groups is 2. The average molecular weight is 993 g/mol. The number of benzene rings is 2. The summed E-state index contributed by atoms with van der Waals surface area (Å²) in [7, 11) is 3.40. The number of nitrogens with one attached hydrogen (secondary N) is 5. The van der Waals surface area contributed by atoms with E-state index in [4.69, 9.17) is 15.2 Å². The number of amides is 6. The Morgan fingerprint density at radius 3 is 1.78 bits per heavy atom. The fourth-order valence-electron chi connectivity index (χ4n) is 10.1. The molecule has 0 saturated carbocycles. The van der Waals surface area contributed by atoms with Gasteiger partial charge in [-0.15, -0.1) is 23.5 Å². The van der Waals surface area contributed by atoms with Crippen LogP contribution in [0.25, 0.3) is 0 Å². The van der Waals surface area contributed by atoms with Gasteiger partial charge in [-0.05, 0) is 106 Å². The van der Waals surface area contributed by atoms with Crippen LogP contribution in [0.2, 0.25) is 0 Å². The Morgan fingerprint density at radius 2 is 1.29 bits per heavy atom. The minimum Gasteiger partial charge on any atom is -0.379 e. The van der Waals surface area contributed by atoms with E-state index in [0.29, 0.717) is 63.2 Å². The van der Waals surface area contributed by atoms with Crippen LogP contribution in [0, 0.1) is 16.7 Å². The zero-order valence-electron chi connectivity index (χ0n) is 41.7. The van der Waals surface area contributed by atoms with E-state index in [1.807, 2.05) is 88.4 Å². The number of hydrogen-bond acceptors (Lipinski definition) is 12. The van der Waals surface area contributed by atoms with E-state index in [9.17, 15) is 28.8 Å². The maximum absolute atomic E-state index is 14.4. The van der Waals surface area contributed by atoms with E-state index in [-0.39, 0.29) is 65.8 Å². The van der Waals surface area contributed by atoms with Crippen LogP contribution in [0.5, 0.6) is 0 Å². The standard InChI is InChI=1S/C51H76N8O8S2/c1-49(2)27-40-58(39(60)26-32(31-69-40)25-36(53-7)44(52)61)42(49)45(62)55-37(33-17-11-9-12-18-33)29-66-22-15-16-23-67-30-38(34-19-13-10-14-20-34)56-46(63)43-50(3,4)28-41-59(43)47(64)35(21-24-68-41)57-48(65)51(5,6)54-8/h9-14,17-20,32,35-38,40-43,53-54H,15-16,21-31H2,1-8H3,(H2,52,61)(H,55,62)(H,56,63)(H,57,65)/t32?,35-,36-,37+,38+,40-,41-,42+,43+/m0/s1. The van der Waals surface area contributed by atoms with Crippen molar-refractivity contribution in [2.75, 3.05) is 52.0 Å². The highest BCUT2D eigenvalue weighted by atomic mass is 32.2. The predicted octanol–water partition coefficient (Wildman–Crippen LogP) is 4.26. The molecule has 16 nitrogen and oxygen atoms in total. The molecule has 6 amide bonds. The first-order valence-corrected chi connectivity index (χ1v) is 26.6. The summed E-state index contributed by atoms with van der Waals surface area (Å²) in [6.45, 7) is 13.0. The normalized spacial score (nSPS) is 25.6. The number of carbonyl (C=O) groups is 6. The summed E-state index contributed by atoms with van der Waals surface area (Å²) in [6, 6.07) is 15.8. The summed E-state index contributed by atoms with van der Waals surface area (Å²) in [6.07, 6.45) is 3.88. The topological polar surface area (TPSA) is 214 Å². The Hall–Kier alpha value is -4.20. The van der Waals surface area contributed by atoms with Crippen LogP contribution in [0.15, 0.2) is 60.7 Å². The molecule has 1 unspecified atom stereocenters. The van der Waals surface area contributed by atoms with Gasteiger partial charge in [-0.1, -0.05) is 88.4 Å². The Balaban J connectivity index is 1.02. The van der Waals surface area contributed by atoms with Gasteiger partial charge in [-0.2, -0.15) is 0 Å². The molecule has 0 spiro atoms. The molecule has 0 aliphatic carbocycles. The van der Waals surface area contributed by atoms with Gasteiger partial charge < -0.3 is 51.6 Å². The molecule has 18 heteroatoms. The summed E-state index contributed by atoms with van der Waals surface area (Å²) in [5, 5.41) is 15.1. The van der Waals surface area contributed by atoms with E-state index in [1.165, 1.54) is 0 Å². The lowest BCUT2D eigenvalue weighted by atomic mass is 9.83. The van der Waals surface area contributed by atoms with Gasteiger partial charge in [-0.25, -0.2) is 0 Å². The Morgan fingerprint density at radius 1 is 0.783 bits per heavy atom. The average Bonchev–Trinajstić information content (AvgIpc) is 3.64. The monoisotopic (exact) mass is 993 g/mol. The van der Waals surface area contributed by atoms with Crippen LogP contribution in [0.1, 0.15) is 110 Å². The number of carbonyl (C=O) groups excluding carboxylic acids is 6. The fourth-order valence-corrected chi connectivity index (χ4v) is 13.3. The molecular weight excluding hydrogens is 917 g/mol. The highest BCUT2D eigenvalue weighted by Crippen LogP contribution is 2.48. The van der Waals surface area contributed by atoms with Crippen LogP contribution >= 0.6 is 23.5 Å². The van der Waals surface area contributed by atoms with Crippen molar-refractivity contribution in [3.05, 3.63) is 71.8 Å². The second kappa shape index (κ2) is 23.8. The van der Waals surface area contributed by atoms with Crippen LogP contribution in [0.4, 0.5) is 0 Å². The molecule has 0 radical (unpaired) electrons. The van der Waals surface area contributed by atoms with Crippen LogP contribution in [-0.2, 0) is 38.2 Å². The number of fused-ring (bicyclic) bond motifs is 2.